The molecule has 2 amide bonds. The van der Waals surface area contributed by atoms with Crippen molar-refractivity contribution < 1.29 is 9.59 Å². The molecule has 0 aliphatic heterocycles. The molecule has 0 aliphatic carbocycles. The maximum atomic E-state index is 12.5. The zero-order chi connectivity index (χ0) is 17.8. The summed E-state index contributed by atoms with van der Waals surface area (Å²) in [6.45, 7) is 0.395. The number of aromatic nitrogens is 1. The van der Waals surface area contributed by atoms with Crippen LogP contribution in [0.15, 0.2) is 60.8 Å². The highest BCUT2D eigenvalue weighted by atomic mass is 16.2. The fraction of sp³-hybridized carbons (Fsp3) is 0.150. The Hall–Kier alpha value is -3.21. The highest BCUT2D eigenvalue weighted by Gasteiger charge is 2.11. The second-order valence-electron chi connectivity index (χ2n) is 5.95. The van der Waals surface area contributed by atoms with Gasteiger partial charge in [0.05, 0.1) is 5.52 Å². The predicted octanol–water partition coefficient (Wildman–Crippen LogP) is 2.87. The van der Waals surface area contributed by atoms with Crippen molar-refractivity contribution in [1.82, 2.24) is 15.2 Å². The Kier molecular flexibility index (Phi) is 4.75. The number of carbonyl (C=O) groups excluding carboxylic acids is 2. The summed E-state index contributed by atoms with van der Waals surface area (Å²) in [5.41, 5.74) is 2.95. The minimum atomic E-state index is -0.146. The lowest BCUT2D eigenvalue weighted by molar-refractivity contribution is 0.0827. The predicted molar refractivity (Wildman–Crippen MR) is 97.4 cm³/mol. The van der Waals surface area contributed by atoms with E-state index < -0.39 is 0 Å². The van der Waals surface area contributed by atoms with Crippen molar-refractivity contribution in [1.29, 1.82) is 0 Å². The zero-order valence-electron chi connectivity index (χ0n) is 14.2. The van der Waals surface area contributed by atoms with Crippen LogP contribution in [0.4, 0.5) is 0 Å². The molecule has 1 heterocycles. The SMILES string of the molecule is CN(C)C(=O)c1ccc(CNC(=O)c2cccc3ncccc23)cc1. The van der Waals surface area contributed by atoms with Crippen LogP contribution >= 0.6 is 0 Å². The van der Waals surface area contributed by atoms with Crippen LogP contribution in [0.5, 0.6) is 0 Å². The van der Waals surface area contributed by atoms with Crippen LogP contribution in [0.2, 0.25) is 0 Å². The van der Waals surface area contributed by atoms with E-state index in [1.165, 1.54) is 4.90 Å². The second kappa shape index (κ2) is 7.13. The van der Waals surface area contributed by atoms with E-state index in [0.29, 0.717) is 17.7 Å². The summed E-state index contributed by atoms with van der Waals surface area (Å²) in [7, 11) is 3.44. The van der Waals surface area contributed by atoms with E-state index in [-0.39, 0.29) is 11.8 Å². The molecule has 3 rings (SSSR count). The van der Waals surface area contributed by atoms with Gasteiger partial charge in [0, 0.05) is 43.4 Å². The van der Waals surface area contributed by atoms with Crippen LogP contribution < -0.4 is 5.32 Å². The minimum absolute atomic E-state index is 0.0427. The van der Waals surface area contributed by atoms with E-state index in [1.54, 1.807) is 38.5 Å². The molecule has 0 fully saturated rings. The first-order valence-corrected chi connectivity index (χ1v) is 7.99. The molecule has 126 valence electrons. The number of pyridine rings is 1. The molecule has 0 radical (unpaired) electrons. The topological polar surface area (TPSA) is 62.3 Å². The number of hydrogen-bond donors (Lipinski definition) is 1. The molecule has 5 nitrogen and oxygen atoms in total. The highest BCUT2D eigenvalue weighted by molar-refractivity contribution is 6.06. The molecule has 1 aromatic heterocycles. The minimum Gasteiger partial charge on any atom is -0.348 e. The van der Waals surface area contributed by atoms with Gasteiger partial charge in [-0.25, -0.2) is 0 Å². The third kappa shape index (κ3) is 3.66. The third-order valence-corrected chi connectivity index (χ3v) is 3.95. The van der Waals surface area contributed by atoms with Gasteiger partial charge in [-0.15, -0.1) is 0 Å². The van der Waals surface area contributed by atoms with Crippen molar-refractivity contribution in [2.24, 2.45) is 0 Å². The molecule has 5 heteroatoms. The molecule has 0 spiro atoms. The molecule has 1 N–H and O–H groups in total. The Labute approximate surface area is 146 Å². The Balaban J connectivity index is 1.71. The first-order chi connectivity index (χ1) is 12.1. The molecular formula is C20H19N3O2. The van der Waals surface area contributed by atoms with E-state index in [9.17, 15) is 9.59 Å². The van der Waals surface area contributed by atoms with Gasteiger partial charge in [0.2, 0.25) is 0 Å². The zero-order valence-corrected chi connectivity index (χ0v) is 14.2. The third-order valence-electron chi connectivity index (χ3n) is 3.95. The number of benzene rings is 2. The fourth-order valence-electron chi connectivity index (χ4n) is 2.60. The molecule has 0 saturated carbocycles. The lowest BCUT2D eigenvalue weighted by atomic mass is 10.1. The molecule has 0 atom stereocenters. The molecule has 2 aromatic carbocycles. The van der Waals surface area contributed by atoms with Crippen LogP contribution in [-0.2, 0) is 6.54 Å². The fourth-order valence-corrected chi connectivity index (χ4v) is 2.60. The van der Waals surface area contributed by atoms with Crippen LogP contribution in [0.1, 0.15) is 26.3 Å². The van der Waals surface area contributed by atoms with Crippen molar-refractivity contribution in [3.63, 3.8) is 0 Å². The molecule has 0 bridgehead atoms. The van der Waals surface area contributed by atoms with Crippen molar-refractivity contribution in [3.8, 4) is 0 Å². The quantitative estimate of drug-likeness (QED) is 0.798. The number of rotatable bonds is 4. The van der Waals surface area contributed by atoms with Crippen LogP contribution in [0, 0.1) is 0 Å². The summed E-state index contributed by atoms with van der Waals surface area (Å²) >= 11 is 0. The van der Waals surface area contributed by atoms with Crippen LogP contribution in [0.25, 0.3) is 10.9 Å². The molecule has 0 saturated heterocycles. The Morgan fingerprint density at radius 2 is 1.76 bits per heavy atom. The van der Waals surface area contributed by atoms with Gasteiger partial charge in [-0.05, 0) is 35.9 Å². The lowest BCUT2D eigenvalue weighted by Crippen LogP contribution is -2.23. The number of nitrogens with zero attached hydrogens (tertiary/aromatic N) is 2. The maximum absolute atomic E-state index is 12.5. The van der Waals surface area contributed by atoms with Gasteiger partial charge >= 0.3 is 0 Å². The summed E-state index contributed by atoms with van der Waals surface area (Å²) in [6, 6.07) is 16.4. The van der Waals surface area contributed by atoms with E-state index in [4.69, 9.17) is 0 Å². The number of hydrogen-bond acceptors (Lipinski definition) is 3. The standard InChI is InChI=1S/C20H19N3O2/c1-23(2)20(25)15-10-8-14(9-11-15)13-22-19(24)17-5-3-7-18-16(17)6-4-12-21-18/h3-12H,13H2,1-2H3,(H,22,24). The van der Waals surface area contributed by atoms with E-state index >= 15 is 0 Å². The second-order valence-corrected chi connectivity index (χ2v) is 5.95. The Morgan fingerprint density at radius 1 is 1.00 bits per heavy atom. The number of carbonyl (C=O) groups is 2. The van der Waals surface area contributed by atoms with Gasteiger partial charge in [-0.3, -0.25) is 14.6 Å². The molecule has 0 aliphatic rings. The summed E-state index contributed by atoms with van der Waals surface area (Å²) in [5.74, 6) is -0.189. The smallest absolute Gasteiger partial charge is 0.253 e. The Morgan fingerprint density at radius 3 is 2.48 bits per heavy atom. The van der Waals surface area contributed by atoms with Gasteiger partial charge in [0.15, 0.2) is 0 Å². The van der Waals surface area contributed by atoms with E-state index in [2.05, 4.69) is 10.3 Å². The van der Waals surface area contributed by atoms with Gasteiger partial charge in [-0.2, -0.15) is 0 Å². The van der Waals surface area contributed by atoms with E-state index in [0.717, 1.165) is 16.5 Å². The summed E-state index contributed by atoms with van der Waals surface area (Å²) in [6.07, 6.45) is 1.71. The van der Waals surface area contributed by atoms with Crippen LogP contribution in [-0.4, -0.2) is 35.8 Å². The Bertz CT molecular complexity index is 912. The van der Waals surface area contributed by atoms with Gasteiger partial charge in [0.25, 0.3) is 11.8 Å². The summed E-state index contributed by atoms with van der Waals surface area (Å²) in [4.78, 5) is 30.2. The van der Waals surface area contributed by atoms with Gasteiger partial charge < -0.3 is 10.2 Å². The van der Waals surface area contributed by atoms with Crippen molar-refractivity contribution in [3.05, 3.63) is 77.5 Å². The normalized spacial score (nSPS) is 10.5. The van der Waals surface area contributed by atoms with Gasteiger partial charge in [0.1, 0.15) is 0 Å². The largest absolute Gasteiger partial charge is 0.348 e. The van der Waals surface area contributed by atoms with E-state index in [1.807, 2.05) is 36.4 Å². The van der Waals surface area contributed by atoms with Crippen LogP contribution in [0.3, 0.4) is 0 Å². The maximum Gasteiger partial charge on any atom is 0.253 e. The number of nitrogens with one attached hydrogen (secondary N) is 1. The monoisotopic (exact) mass is 333 g/mol. The number of amides is 2. The molecule has 3 aromatic rings. The summed E-state index contributed by atoms with van der Waals surface area (Å²) in [5, 5.41) is 3.74. The van der Waals surface area contributed by atoms with Gasteiger partial charge in [-0.1, -0.05) is 24.3 Å². The number of fused-ring (bicyclic) bond motifs is 1. The van der Waals surface area contributed by atoms with Crippen molar-refractivity contribution in [2.75, 3.05) is 14.1 Å². The average Bonchev–Trinajstić information content (AvgIpc) is 2.65. The van der Waals surface area contributed by atoms with Crippen molar-refractivity contribution >= 4 is 22.7 Å². The molecule has 0 unspecified atom stereocenters. The molecular weight excluding hydrogens is 314 g/mol. The first-order valence-electron chi connectivity index (χ1n) is 7.99. The van der Waals surface area contributed by atoms with Crippen molar-refractivity contribution in [2.45, 2.75) is 6.54 Å². The first kappa shape index (κ1) is 16.6. The summed E-state index contributed by atoms with van der Waals surface area (Å²) < 4.78 is 0. The molecule has 25 heavy (non-hydrogen) atoms. The lowest BCUT2D eigenvalue weighted by Gasteiger charge is -2.11. The highest BCUT2D eigenvalue weighted by Crippen LogP contribution is 2.16. The average molecular weight is 333 g/mol.